The van der Waals surface area contributed by atoms with Crippen LogP contribution in [0.4, 0.5) is 5.69 Å². The van der Waals surface area contributed by atoms with Crippen LogP contribution in [0.15, 0.2) is 24.3 Å². The van der Waals surface area contributed by atoms with Crippen molar-refractivity contribution in [3.8, 4) is 0 Å². The standard InChI is InChI=1S/C14H21N3O/c15-12-6-4-5-11(9-12)10-17-14(13(16)18)7-2-1-3-8-14/h4-6,9,17H,1-3,7-8,10,15H2,(H2,16,18). The summed E-state index contributed by atoms with van der Waals surface area (Å²) < 4.78 is 0. The zero-order valence-corrected chi connectivity index (χ0v) is 10.6. The first-order valence-corrected chi connectivity index (χ1v) is 6.52. The molecule has 1 aromatic rings. The molecule has 0 unspecified atom stereocenters. The molecule has 0 spiro atoms. The smallest absolute Gasteiger partial charge is 0.237 e. The number of nitrogens with two attached hydrogens (primary N) is 2. The normalized spacial score (nSPS) is 18.4. The van der Waals surface area contributed by atoms with Crippen molar-refractivity contribution >= 4 is 11.6 Å². The van der Waals surface area contributed by atoms with Gasteiger partial charge in [0.05, 0.1) is 5.54 Å². The maximum Gasteiger partial charge on any atom is 0.237 e. The lowest BCUT2D eigenvalue weighted by Gasteiger charge is -2.35. The molecule has 2 rings (SSSR count). The molecule has 4 nitrogen and oxygen atoms in total. The summed E-state index contributed by atoms with van der Waals surface area (Å²) in [5, 5.41) is 3.35. The van der Waals surface area contributed by atoms with E-state index in [1.807, 2.05) is 24.3 Å². The molecular weight excluding hydrogens is 226 g/mol. The highest BCUT2D eigenvalue weighted by Crippen LogP contribution is 2.28. The lowest BCUT2D eigenvalue weighted by Crippen LogP contribution is -2.56. The van der Waals surface area contributed by atoms with E-state index in [-0.39, 0.29) is 5.91 Å². The summed E-state index contributed by atoms with van der Waals surface area (Å²) in [6.45, 7) is 0.633. The third-order valence-electron chi connectivity index (χ3n) is 3.76. The van der Waals surface area contributed by atoms with E-state index in [0.29, 0.717) is 6.54 Å². The molecule has 1 aliphatic carbocycles. The minimum absolute atomic E-state index is 0.230. The Bertz CT molecular complexity index is 425. The second kappa shape index (κ2) is 5.40. The Morgan fingerprint density at radius 2 is 2.00 bits per heavy atom. The van der Waals surface area contributed by atoms with Gasteiger partial charge in [0.2, 0.25) is 5.91 Å². The highest BCUT2D eigenvalue weighted by atomic mass is 16.1. The van der Waals surface area contributed by atoms with Crippen molar-refractivity contribution in [1.82, 2.24) is 5.32 Å². The van der Waals surface area contributed by atoms with E-state index in [2.05, 4.69) is 5.32 Å². The summed E-state index contributed by atoms with van der Waals surface area (Å²) in [6.07, 6.45) is 4.99. The van der Waals surface area contributed by atoms with Crippen LogP contribution < -0.4 is 16.8 Å². The highest BCUT2D eigenvalue weighted by Gasteiger charge is 2.37. The van der Waals surface area contributed by atoms with Crippen LogP contribution in [0.25, 0.3) is 0 Å². The number of benzene rings is 1. The Kier molecular flexibility index (Phi) is 3.87. The first kappa shape index (κ1) is 12.9. The fourth-order valence-electron chi connectivity index (χ4n) is 2.64. The molecule has 1 saturated carbocycles. The van der Waals surface area contributed by atoms with Crippen molar-refractivity contribution in [2.45, 2.75) is 44.2 Å². The van der Waals surface area contributed by atoms with Gasteiger partial charge in [-0.05, 0) is 30.5 Å². The molecule has 1 amide bonds. The minimum atomic E-state index is -0.525. The van der Waals surface area contributed by atoms with E-state index in [1.54, 1.807) is 0 Å². The fraction of sp³-hybridized carbons (Fsp3) is 0.500. The van der Waals surface area contributed by atoms with Crippen LogP contribution in [0.1, 0.15) is 37.7 Å². The summed E-state index contributed by atoms with van der Waals surface area (Å²) in [6, 6.07) is 7.70. The highest BCUT2D eigenvalue weighted by molar-refractivity contribution is 5.84. The zero-order chi connectivity index (χ0) is 13.0. The number of primary amides is 1. The SMILES string of the molecule is NC(=O)C1(NCc2cccc(N)c2)CCCCC1. The molecule has 0 atom stereocenters. The van der Waals surface area contributed by atoms with Crippen molar-refractivity contribution < 1.29 is 4.79 Å². The molecule has 1 aromatic carbocycles. The molecule has 0 saturated heterocycles. The number of hydrogen-bond acceptors (Lipinski definition) is 3. The van der Waals surface area contributed by atoms with Gasteiger partial charge in [0.25, 0.3) is 0 Å². The van der Waals surface area contributed by atoms with Gasteiger partial charge in [0, 0.05) is 12.2 Å². The van der Waals surface area contributed by atoms with E-state index in [9.17, 15) is 4.79 Å². The Hall–Kier alpha value is -1.55. The molecule has 1 aliphatic rings. The maximum atomic E-state index is 11.7. The number of nitrogens with one attached hydrogen (secondary N) is 1. The van der Waals surface area contributed by atoms with Gasteiger partial charge in [0.15, 0.2) is 0 Å². The largest absolute Gasteiger partial charge is 0.399 e. The van der Waals surface area contributed by atoms with E-state index in [0.717, 1.165) is 36.9 Å². The van der Waals surface area contributed by atoms with Crippen LogP contribution in [-0.4, -0.2) is 11.4 Å². The number of rotatable bonds is 4. The lowest BCUT2D eigenvalue weighted by molar-refractivity contribution is -0.125. The number of carbonyl (C=O) groups excluding carboxylic acids is 1. The van der Waals surface area contributed by atoms with Gasteiger partial charge in [0.1, 0.15) is 0 Å². The summed E-state index contributed by atoms with van der Waals surface area (Å²) in [5.41, 5.74) is 12.6. The molecule has 0 bridgehead atoms. The van der Waals surface area contributed by atoms with Crippen molar-refractivity contribution in [3.05, 3.63) is 29.8 Å². The number of anilines is 1. The van der Waals surface area contributed by atoms with E-state index >= 15 is 0 Å². The van der Waals surface area contributed by atoms with Gasteiger partial charge in [-0.2, -0.15) is 0 Å². The van der Waals surface area contributed by atoms with Crippen molar-refractivity contribution in [2.75, 3.05) is 5.73 Å². The molecule has 0 aliphatic heterocycles. The topological polar surface area (TPSA) is 81.1 Å². The predicted molar refractivity (Wildman–Crippen MR) is 72.7 cm³/mol. The van der Waals surface area contributed by atoms with Crippen molar-refractivity contribution in [3.63, 3.8) is 0 Å². The lowest BCUT2D eigenvalue weighted by atomic mass is 9.81. The van der Waals surface area contributed by atoms with Crippen LogP contribution in [0.2, 0.25) is 0 Å². The molecule has 0 heterocycles. The molecule has 0 radical (unpaired) electrons. The van der Waals surface area contributed by atoms with Gasteiger partial charge < -0.3 is 11.5 Å². The molecule has 18 heavy (non-hydrogen) atoms. The average Bonchev–Trinajstić information content (AvgIpc) is 2.37. The van der Waals surface area contributed by atoms with Gasteiger partial charge in [-0.1, -0.05) is 31.4 Å². The Labute approximate surface area is 108 Å². The van der Waals surface area contributed by atoms with Gasteiger partial charge >= 0.3 is 0 Å². The molecule has 5 N–H and O–H groups in total. The third kappa shape index (κ3) is 2.82. The van der Waals surface area contributed by atoms with Gasteiger partial charge in [-0.3, -0.25) is 10.1 Å². The molecule has 0 aromatic heterocycles. The Morgan fingerprint density at radius 3 is 2.61 bits per heavy atom. The first-order chi connectivity index (χ1) is 8.62. The fourth-order valence-corrected chi connectivity index (χ4v) is 2.64. The third-order valence-corrected chi connectivity index (χ3v) is 3.76. The van der Waals surface area contributed by atoms with Crippen molar-refractivity contribution in [2.24, 2.45) is 5.73 Å². The summed E-state index contributed by atoms with van der Waals surface area (Å²) in [5.74, 6) is -0.230. The van der Waals surface area contributed by atoms with Crippen LogP contribution in [0.5, 0.6) is 0 Å². The molecule has 1 fully saturated rings. The summed E-state index contributed by atoms with van der Waals surface area (Å²) in [7, 11) is 0. The number of hydrogen-bond donors (Lipinski definition) is 3. The zero-order valence-electron chi connectivity index (χ0n) is 10.6. The van der Waals surface area contributed by atoms with E-state index in [4.69, 9.17) is 11.5 Å². The van der Waals surface area contributed by atoms with Crippen molar-refractivity contribution in [1.29, 1.82) is 0 Å². The van der Waals surface area contributed by atoms with Crippen LogP contribution >= 0.6 is 0 Å². The number of nitrogen functional groups attached to an aromatic ring is 1. The predicted octanol–water partition coefficient (Wildman–Crippen LogP) is 1.55. The minimum Gasteiger partial charge on any atom is -0.399 e. The van der Waals surface area contributed by atoms with Crippen LogP contribution in [0, 0.1) is 0 Å². The molecule has 4 heteroatoms. The number of amides is 1. The summed E-state index contributed by atoms with van der Waals surface area (Å²) in [4.78, 5) is 11.7. The molecule has 98 valence electrons. The Morgan fingerprint density at radius 1 is 1.28 bits per heavy atom. The van der Waals surface area contributed by atoms with Gasteiger partial charge in [-0.25, -0.2) is 0 Å². The monoisotopic (exact) mass is 247 g/mol. The Balaban J connectivity index is 2.04. The quantitative estimate of drug-likeness (QED) is 0.706. The average molecular weight is 247 g/mol. The second-order valence-electron chi connectivity index (χ2n) is 5.11. The summed E-state index contributed by atoms with van der Waals surface area (Å²) >= 11 is 0. The number of carbonyl (C=O) groups is 1. The maximum absolute atomic E-state index is 11.7. The second-order valence-corrected chi connectivity index (χ2v) is 5.11. The van der Waals surface area contributed by atoms with Crippen LogP contribution in [0.3, 0.4) is 0 Å². The van der Waals surface area contributed by atoms with Crippen LogP contribution in [-0.2, 0) is 11.3 Å². The van der Waals surface area contributed by atoms with E-state index in [1.165, 1.54) is 6.42 Å². The molecular formula is C14H21N3O. The van der Waals surface area contributed by atoms with E-state index < -0.39 is 5.54 Å². The van der Waals surface area contributed by atoms with Gasteiger partial charge in [-0.15, -0.1) is 0 Å². The first-order valence-electron chi connectivity index (χ1n) is 6.52.